The van der Waals surface area contributed by atoms with E-state index in [2.05, 4.69) is 0 Å². The van der Waals surface area contributed by atoms with Crippen LogP contribution in [0.15, 0.2) is 12.1 Å². The summed E-state index contributed by atoms with van der Waals surface area (Å²) in [7, 11) is 0. The summed E-state index contributed by atoms with van der Waals surface area (Å²) < 4.78 is 27.4. The first-order chi connectivity index (χ1) is 7.72. The van der Waals surface area contributed by atoms with Crippen LogP contribution in [-0.4, -0.2) is 29.7 Å². The summed E-state index contributed by atoms with van der Waals surface area (Å²) in [6, 6.07) is 2.39. The number of rotatable bonds is 2. The minimum absolute atomic E-state index is 0.0394. The molecule has 0 aromatic heterocycles. The Balaban J connectivity index is 2.32. The van der Waals surface area contributed by atoms with E-state index in [9.17, 15) is 8.78 Å². The predicted molar refractivity (Wildman–Crippen MR) is 61.8 cm³/mol. The van der Waals surface area contributed by atoms with E-state index in [1.54, 1.807) is 16.7 Å². The van der Waals surface area contributed by atoms with Crippen molar-refractivity contribution in [2.45, 2.75) is 6.61 Å². The molecule has 0 atom stereocenters. The molecule has 1 aliphatic rings. The molecular weight excluding hydrogens is 232 g/mol. The summed E-state index contributed by atoms with van der Waals surface area (Å²) in [6.07, 6.45) is 0. The lowest BCUT2D eigenvalue weighted by Crippen LogP contribution is -2.33. The average molecular weight is 245 g/mol. The highest BCUT2D eigenvalue weighted by molar-refractivity contribution is 7.99. The fraction of sp³-hybridized carbons (Fsp3) is 0.455. The standard InChI is InChI=1S/C11H13F2NOS/c12-9-5-8(7-15)6-10(13)11(9)14-1-3-16-4-2-14/h5-6,15H,1-4,7H2. The van der Waals surface area contributed by atoms with Crippen molar-refractivity contribution < 1.29 is 13.9 Å². The molecule has 1 N–H and O–H groups in total. The van der Waals surface area contributed by atoms with Crippen LogP contribution in [0.4, 0.5) is 14.5 Å². The number of hydrogen-bond acceptors (Lipinski definition) is 3. The van der Waals surface area contributed by atoms with E-state index in [1.807, 2.05) is 0 Å². The third-order valence-corrected chi connectivity index (χ3v) is 3.53. The van der Waals surface area contributed by atoms with E-state index < -0.39 is 11.6 Å². The molecule has 16 heavy (non-hydrogen) atoms. The molecule has 0 amide bonds. The summed E-state index contributed by atoms with van der Waals surface area (Å²) in [4.78, 5) is 1.72. The first-order valence-electron chi connectivity index (χ1n) is 5.14. The van der Waals surface area contributed by atoms with Crippen LogP contribution < -0.4 is 4.90 Å². The van der Waals surface area contributed by atoms with Crippen molar-refractivity contribution in [3.05, 3.63) is 29.3 Å². The highest BCUT2D eigenvalue weighted by Crippen LogP contribution is 2.27. The van der Waals surface area contributed by atoms with Crippen LogP contribution >= 0.6 is 11.8 Å². The molecule has 2 rings (SSSR count). The van der Waals surface area contributed by atoms with Crippen molar-refractivity contribution in [1.82, 2.24) is 0 Å². The molecule has 2 nitrogen and oxygen atoms in total. The molecule has 0 aliphatic carbocycles. The zero-order valence-electron chi connectivity index (χ0n) is 8.75. The number of aliphatic hydroxyl groups excluding tert-OH is 1. The van der Waals surface area contributed by atoms with E-state index in [1.165, 1.54) is 12.1 Å². The predicted octanol–water partition coefficient (Wildman–Crippen LogP) is 2.01. The second-order valence-electron chi connectivity index (χ2n) is 3.67. The van der Waals surface area contributed by atoms with Gasteiger partial charge in [0.1, 0.15) is 17.3 Å². The largest absolute Gasteiger partial charge is 0.392 e. The maximum atomic E-state index is 13.7. The van der Waals surface area contributed by atoms with Crippen molar-refractivity contribution in [2.24, 2.45) is 0 Å². The van der Waals surface area contributed by atoms with Gasteiger partial charge >= 0.3 is 0 Å². The smallest absolute Gasteiger partial charge is 0.149 e. The lowest BCUT2D eigenvalue weighted by molar-refractivity contribution is 0.280. The Morgan fingerprint density at radius 1 is 1.19 bits per heavy atom. The summed E-state index contributed by atoms with van der Waals surface area (Å²) in [5, 5.41) is 8.84. The topological polar surface area (TPSA) is 23.5 Å². The van der Waals surface area contributed by atoms with E-state index in [-0.39, 0.29) is 17.9 Å². The van der Waals surface area contributed by atoms with Crippen LogP contribution in [-0.2, 0) is 6.61 Å². The molecule has 88 valence electrons. The SMILES string of the molecule is OCc1cc(F)c(N2CCSCC2)c(F)c1. The van der Waals surface area contributed by atoms with Gasteiger partial charge in [-0.15, -0.1) is 0 Å². The molecular formula is C11H13F2NOS. The Morgan fingerprint density at radius 3 is 2.25 bits per heavy atom. The number of anilines is 1. The maximum absolute atomic E-state index is 13.7. The highest BCUT2D eigenvalue weighted by Gasteiger charge is 2.19. The van der Waals surface area contributed by atoms with E-state index in [0.29, 0.717) is 13.1 Å². The minimum atomic E-state index is -0.587. The molecule has 1 saturated heterocycles. The second-order valence-corrected chi connectivity index (χ2v) is 4.89. The minimum Gasteiger partial charge on any atom is -0.392 e. The van der Waals surface area contributed by atoms with Gasteiger partial charge in [0.05, 0.1) is 6.61 Å². The first-order valence-corrected chi connectivity index (χ1v) is 6.29. The molecule has 1 aromatic rings. The van der Waals surface area contributed by atoms with Crippen molar-refractivity contribution in [3.8, 4) is 0 Å². The van der Waals surface area contributed by atoms with Gasteiger partial charge in [0.25, 0.3) is 0 Å². The molecule has 0 saturated carbocycles. The van der Waals surface area contributed by atoms with Gasteiger partial charge < -0.3 is 10.0 Å². The van der Waals surface area contributed by atoms with Gasteiger partial charge in [-0.1, -0.05) is 0 Å². The zero-order valence-corrected chi connectivity index (χ0v) is 9.57. The van der Waals surface area contributed by atoms with Gasteiger partial charge in [-0.2, -0.15) is 11.8 Å². The number of nitrogens with zero attached hydrogens (tertiary/aromatic N) is 1. The third-order valence-electron chi connectivity index (χ3n) is 2.59. The second kappa shape index (κ2) is 5.01. The lowest BCUT2D eigenvalue weighted by atomic mass is 10.1. The fourth-order valence-corrected chi connectivity index (χ4v) is 2.70. The van der Waals surface area contributed by atoms with Crippen molar-refractivity contribution >= 4 is 17.4 Å². The quantitative estimate of drug-likeness (QED) is 0.862. The highest BCUT2D eigenvalue weighted by atomic mass is 32.2. The normalized spacial score (nSPS) is 16.6. The molecule has 1 aromatic carbocycles. The number of thioether (sulfide) groups is 1. The molecule has 1 fully saturated rings. The Labute approximate surface area is 97.3 Å². The van der Waals surface area contributed by atoms with Crippen LogP contribution in [0.1, 0.15) is 5.56 Å². The van der Waals surface area contributed by atoms with Crippen LogP contribution in [0.2, 0.25) is 0 Å². The molecule has 0 radical (unpaired) electrons. The van der Waals surface area contributed by atoms with Crippen LogP contribution in [0.5, 0.6) is 0 Å². The molecule has 0 unspecified atom stereocenters. The summed E-state index contributed by atoms with van der Waals surface area (Å²) in [5.74, 6) is 0.605. The summed E-state index contributed by atoms with van der Waals surface area (Å²) in [5.41, 5.74) is 0.308. The Bertz CT molecular complexity index is 357. The third kappa shape index (κ3) is 2.30. The molecule has 1 heterocycles. The number of hydrogen-bond donors (Lipinski definition) is 1. The average Bonchev–Trinajstić information content (AvgIpc) is 2.29. The molecule has 0 bridgehead atoms. The van der Waals surface area contributed by atoms with Gasteiger partial charge in [0, 0.05) is 24.6 Å². The van der Waals surface area contributed by atoms with Gasteiger partial charge in [-0.05, 0) is 17.7 Å². The molecule has 1 aliphatic heterocycles. The van der Waals surface area contributed by atoms with Gasteiger partial charge in [0.2, 0.25) is 0 Å². The number of benzene rings is 1. The Morgan fingerprint density at radius 2 is 1.75 bits per heavy atom. The van der Waals surface area contributed by atoms with E-state index >= 15 is 0 Å². The molecule has 5 heteroatoms. The monoisotopic (exact) mass is 245 g/mol. The number of aliphatic hydroxyl groups is 1. The van der Waals surface area contributed by atoms with Gasteiger partial charge in [-0.25, -0.2) is 8.78 Å². The van der Waals surface area contributed by atoms with E-state index in [4.69, 9.17) is 5.11 Å². The fourth-order valence-electron chi connectivity index (χ4n) is 1.80. The Kier molecular flexibility index (Phi) is 3.66. The summed E-state index contributed by atoms with van der Waals surface area (Å²) in [6.45, 7) is 0.984. The van der Waals surface area contributed by atoms with Crippen LogP contribution in [0, 0.1) is 11.6 Å². The maximum Gasteiger partial charge on any atom is 0.149 e. The first kappa shape index (κ1) is 11.7. The Hall–Kier alpha value is -0.810. The van der Waals surface area contributed by atoms with Crippen molar-refractivity contribution in [3.63, 3.8) is 0 Å². The van der Waals surface area contributed by atoms with Crippen LogP contribution in [0.3, 0.4) is 0 Å². The van der Waals surface area contributed by atoms with Crippen LogP contribution in [0.25, 0.3) is 0 Å². The van der Waals surface area contributed by atoms with Crippen molar-refractivity contribution in [1.29, 1.82) is 0 Å². The molecule has 0 spiro atoms. The van der Waals surface area contributed by atoms with Gasteiger partial charge in [0.15, 0.2) is 0 Å². The van der Waals surface area contributed by atoms with Gasteiger partial charge in [-0.3, -0.25) is 0 Å². The lowest BCUT2D eigenvalue weighted by Gasteiger charge is -2.29. The summed E-state index contributed by atoms with van der Waals surface area (Å²) >= 11 is 1.79. The number of halogens is 2. The van der Waals surface area contributed by atoms with Crippen molar-refractivity contribution in [2.75, 3.05) is 29.5 Å². The van der Waals surface area contributed by atoms with E-state index in [0.717, 1.165) is 11.5 Å². The zero-order chi connectivity index (χ0) is 11.5.